The predicted molar refractivity (Wildman–Crippen MR) is 129 cm³/mol. The molecule has 4 heterocycles. The highest BCUT2D eigenvalue weighted by atomic mass is 19.1. The Morgan fingerprint density at radius 2 is 2.00 bits per heavy atom. The number of rotatable bonds is 6. The average molecular weight is 464 g/mol. The second-order valence-corrected chi connectivity index (χ2v) is 9.45. The molecule has 0 aliphatic carbocycles. The normalized spacial score (nSPS) is 16.2. The van der Waals surface area contributed by atoms with Gasteiger partial charge in [0, 0.05) is 62.5 Å². The van der Waals surface area contributed by atoms with Crippen LogP contribution in [0.1, 0.15) is 60.6 Å². The van der Waals surface area contributed by atoms with E-state index in [9.17, 15) is 9.59 Å². The number of aromatic amines is 1. The number of benzene rings is 1. The molecular weight excluding hydrogens is 433 g/mol. The molecule has 0 atom stereocenters. The Morgan fingerprint density at radius 1 is 1.18 bits per heavy atom. The van der Waals surface area contributed by atoms with Crippen LogP contribution >= 0.6 is 0 Å². The van der Waals surface area contributed by atoms with Crippen LogP contribution in [-0.4, -0.2) is 62.6 Å². The van der Waals surface area contributed by atoms with Crippen molar-refractivity contribution >= 4 is 28.3 Å². The van der Waals surface area contributed by atoms with Crippen molar-refractivity contribution in [2.45, 2.75) is 45.6 Å². The van der Waals surface area contributed by atoms with Crippen LogP contribution in [0.2, 0.25) is 0 Å². The van der Waals surface area contributed by atoms with Crippen molar-refractivity contribution in [1.29, 1.82) is 0 Å². The molecule has 7 nitrogen and oxygen atoms in total. The van der Waals surface area contributed by atoms with Gasteiger partial charge in [-0.05, 0) is 48.1 Å². The molecule has 1 N–H and O–H groups in total. The number of aryl methyl sites for hydroxylation is 1. The molecule has 0 radical (unpaired) electrons. The molecule has 1 aromatic carbocycles. The standard InChI is InChI=1S/C26H30FN5O2/c1-17(2)19-14-20(24(27)25-21(19)15-22(29-25)26(34)30-10-5-11-30)18-6-3-9-31(16-18)23(33)7-13-32-12-4-8-28-32/h4,6,8,12,14-15,17,29H,3,5,7,9-11,13,16H2,1-2H3. The van der Waals surface area contributed by atoms with Gasteiger partial charge in [-0.2, -0.15) is 5.10 Å². The van der Waals surface area contributed by atoms with Crippen molar-refractivity contribution in [3.05, 3.63) is 59.3 Å². The van der Waals surface area contributed by atoms with Crippen LogP contribution in [0.4, 0.5) is 4.39 Å². The second kappa shape index (κ2) is 9.08. The summed E-state index contributed by atoms with van der Waals surface area (Å²) < 4.78 is 17.6. The predicted octanol–water partition coefficient (Wildman–Crippen LogP) is 4.18. The topological polar surface area (TPSA) is 74.2 Å². The molecule has 2 aliphatic rings. The van der Waals surface area contributed by atoms with Crippen molar-refractivity contribution in [2.75, 3.05) is 26.2 Å². The number of amides is 2. The second-order valence-electron chi connectivity index (χ2n) is 9.45. The molecule has 178 valence electrons. The van der Waals surface area contributed by atoms with E-state index in [0.29, 0.717) is 49.2 Å². The van der Waals surface area contributed by atoms with E-state index in [0.717, 1.165) is 36.0 Å². The summed E-state index contributed by atoms with van der Waals surface area (Å²) in [5.41, 5.74) is 3.11. The summed E-state index contributed by atoms with van der Waals surface area (Å²) in [7, 11) is 0. The van der Waals surface area contributed by atoms with E-state index in [1.807, 2.05) is 24.4 Å². The molecule has 2 aliphatic heterocycles. The Kier molecular flexibility index (Phi) is 5.98. The summed E-state index contributed by atoms with van der Waals surface area (Å²) in [6, 6.07) is 5.52. The minimum atomic E-state index is -0.362. The number of carbonyl (C=O) groups excluding carboxylic acids is 2. The lowest BCUT2D eigenvalue weighted by Gasteiger charge is -2.30. The highest BCUT2D eigenvalue weighted by molar-refractivity contribution is 6.00. The van der Waals surface area contributed by atoms with Crippen LogP contribution in [0.15, 0.2) is 36.7 Å². The number of fused-ring (bicyclic) bond motifs is 1. The van der Waals surface area contributed by atoms with E-state index in [2.05, 4.69) is 23.9 Å². The number of likely N-dealkylation sites (tertiary alicyclic amines) is 1. The quantitative estimate of drug-likeness (QED) is 0.596. The highest BCUT2D eigenvalue weighted by Gasteiger charge is 2.27. The van der Waals surface area contributed by atoms with Gasteiger partial charge in [0.2, 0.25) is 5.91 Å². The molecule has 0 saturated carbocycles. The first kappa shape index (κ1) is 22.4. The zero-order chi connectivity index (χ0) is 23.8. The summed E-state index contributed by atoms with van der Waals surface area (Å²) >= 11 is 0. The molecule has 34 heavy (non-hydrogen) atoms. The fourth-order valence-corrected chi connectivity index (χ4v) is 4.76. The van der Waals surface area contributed by atoms with Gasteiger partial charge in [0.15, 0.2) is 5.82 Å². The van der Waals surface area contributed by atoms with Crippen molar-refractivity contribution in [2.24, 2.45) is 0 Å². The highest BCUT2D eigenvalue weighted by Crippen LogP contribution is 2.35. The summed E-state index contributed by atoms with van der Waals surface area (Å²) in [6.45, 7) is 7.15. The molecule has 3 aromatic rings. The smallest absolute Gasteiger partial charge is 0.270 e. The summed E-state index contributed by atoms with van der Waals surface area (Å²) in [5, 5.41) is 4.90. The molecule has 0 spiro atoms. The van der Waals surface area contributed by atoms with Crippen LogP contribution in [0, 0.1) is 5.82 Å². The minimum absolute atomic E-state index is 0.0361. The largest absolute Gasteiger partial charge is 0.348 e. The third kappa shape index (κ3) is 4.13. The Morgan fingerprint density at radius 3 is 2.68 bits per heavy atom. The monoisotopic (exact) mass is 463 g/mol. The number of aromatic nitrogens is 3. The van der Waals surface area contributed by atoms with Gasteiger partial charge in [0.05, 0.1) is 5.52 Å². The van der Waals surface area contributed by atoms with Crippen molar-refractivity contribution in [1.82, 2.24) is 24.6 Å². The van der Waals surface area contributed by atoms with Gasteiger partial charge in [-0.15, -0.1) is 0 Å². The van der Waals surface area contributed by atoms with Crippen LogP contribution in [0.25, 0.3) is 16.5 Å². The molecule has 0 bridgehead atoms. The van der Waals surface area contributed by atoms with Gasteiger partial charge in [-0.1, -0.05) is 19.9 Å². The number of halogens is 1. The fourth-order valence-electron chi connectivity index (χ4n) is 4.76. The first-order valence-electron chi connectivity index (χ1n) is 12.0. The summed E-state index contributed by atoms with van der Waals surface area (Å²) in [4.78, 5) is 32.2. The molecule has 1 fully saturated rings. The van der Waals surface area contributed by atoms with Crippen LogP contribution in [0.3, 0.4) is 0 Å². The summed E-state index contributed by atoms with van der Waals surface area (Å²) in [6.07, 6.45) is 7.60. The molecule has 5 rings (SSSR count). The van der Waals surface area contributed by atoms with Crippen LogP contribution < -0.4 is 0 Å². The van der Waals surface area contributed by atoms with Crippen LogP contribution in [0.5, 0.6) is 0 Å². The van der Waals surface area contributed by atoms with Gasteiger partial charge in [0.25, 0.3) is 5.91 Å². The van der Waals surface area contributed by atoms with E-state index in [1.54, 1.807) is 26.7 Å². The SMILES string of the molecule is CC(C)c1cc(C2=CCCN(C(=O)CCn3cccn3)C2)c(F)c2[nH]c(C(=O)N3CCC3)cc12. The molecule has 2 aromatic heterocycles. The number of nitrogens with one attached hydrogen (secondary N) is 1. The van der Waals surface area contributed by atoms with E-state index in [4.69, 9.17) is 0 Å². The lowest BCUT2D eigenvalue weighted by Crippen LogP contribution is -2.42. The van der Waals surface area contributed by atoms with Gasteiger partial charge in [0.1, 0.15) is 5.69 Å². The van der Waals surface area contributed by atoms with Gasteiger partial charge in [-0.3, -0.25) is 14.3 Å². The number of hydrogen-bond donors (Lipinski definition) is 1. The number of nitrogens with zero attached hydrogens (tertiary/aromatic N) is 4. The third-order valence-corrected chi connectivity index (χ3v) is 6.84. The molecule has 2 amide bonds. The Balaban J connectivity index is 1.43. The maximum Gasteiger partial charge on any atom is 0.270 e. The first-order valence-corrected chi connectivity index (χ1v) is 12.0. The van der Waals surface area contributed by atoms with Gasteiger partial charge >= 0.3 is 0 Å². The number of H-pyrrole nitrogens is 1. The first-order chi connectivity index (χ1) is 16.4. The summed E-state index contributed by atoms with van der Waals surface area (Å²) in [5.74, 6) is -0.252. The maximum atomic E-state index is 15.8. The molecule has 8 heteroatoms. The number of carbonyl (C=O) groups is 2. The average Bonchev–Trinajstić information content (AvgIpc) is 3.47. The zero-order valence-electron chi connectivity index (χ0n) is 19.7. The van der Waals surface area contributed by atoms with Gasteiger partial charge in [-0.25, -0.2) is 4.39 Å². The maximum absolute atomic E-state index is 15.8. The van der Waals surface area contributed by atoms with E-state index in [1.165, 1.54) is 0 Å². The molecule has 1 saturated heterocycles. The van der Waals surface area contributed by atoms with Gasteiger partial charge < -0.3 is 14.8 Å². The van der Waals surface area contributed by atoms with Crippen LogP contribution in [-0.2, 0) is 11.3 Å². The van der Waals surface area contributed by atoms with E-state index in [-0.39, 0.29) is 23.5 Å². The minimum Gasteiger partial charge on any atom is -0.348 e. The van der Waals surface area contributed by atoms with Crippen molar-refractivity contribution < 1.29 is 14.0 Å². The molecular formula is C26H30FN5O2. The fraction of sp³-hybridized carbons (Fsp3) is 0.423. The zero-order valence-corrected chi connectivity index (χ0v) is 19.7. The van der Waals surface area contributed by atoms with E-state index >= 15 is 4.39 Å². The Bertz CT molecular complexity index is 1250. The number of hydrogen-bond acceptors (Lipinski definition) is 3. The lowest BCUT2D eigenvalue weighted by molar-refractivity contribution is -0.131. The van der Waals surface area contributed by atoms with Crippen molar-refractivity contribution in [3.8, 4) is 0 Å². The third-order valence-electron chi connectivity index (χ3n) is 6.84. The Hall–Kier alpha value is -3.42. The van der Waals surface area contributed by atoms with Crippen molar-refractivity contribution in [3.63, 3.8) is 0 Å². The Labute approximate surface area is 198 Å². The van der Waals surface area contributed by atoms with E-state index < -0.39 is 0 Å². The molecule has 0 unspecified atom stereocenters. The lowest BCUT2D eigenvalue weighted by atomic mass is 9.92.